The van der Waals surface area contributed by atoms with Crippen molar-refractivity contribution in [1.82, 2.24) is 0 Å². The Bertz CT molecular complexity index is 1530. The Labute approximate surface area is 229 Å². The maximum absolute atomic E-state index is 13.9. The number of hydrogen-bond donors (Lipinski definition) is 0. The maximum Gasteiger partial charge on any atom is 0.286 e. The van der Waals surface area contributed by atoms with Gasteiger partial charge in [-0.15, -0.1) is 0 Å². The van der Waals surface area contributed by atoms with Gasteiger partial charge in [0.25, 0.3) is 11.4 Å². The van der Waals surface area contributed by atoms with E-state index in [-0.39, 0.29) is 34.0 Å². The van der Waals surface area contributed by atoms with Crippen LogP contribution in [0.1, 0.15) is 22.3 Å². The smallest absolute Gasteiger partial charge is 0.258 e. The molecule has 0 N–H and O–H groups in total. The van der Waals surface area contributed by atoms with Gasteiger partial charge in [0, 0.05) is 24.0 Å². The Hall–Kier alpha value is -3.41. The van der Waals surface area contributed by atoms with E-state index in [0.717, 1.165) is 0 Å². The second-order valence-electron chi connectivity index (χ2n) is 8.08. The number of nitro benzene ring substituents is 2. The molecule has 0 radical (unpaired) electrons. The number of halogens is 2. The molecule has 4 rings (SSSR count). The molecular weight excluding hydrogens is 628 g/mol. The second-order valence-corrected chi connectivity index (χ2v) is 11.7. The molecule has 0 aliphatic heterocycles. The summed E-state index contributed by atoms with van der Waals surface area (Å²) in [6, 6.07) is 22.3. The molecule has 0 saturated carbocycles. The van der Waals surface area contributed by atoms with Crippen LogP contribution < -0.4 is 0 Å². The summed E-state index contributed by atoms with van der Waals surface area (Å²) >= 11 is 6.41. The number of hydrogen-bond acceptors (Lipinski definition) is 6. The molecule has 0 spiro atoms. The summed E-state index contributed by atoms with van der Waals surface area (Å²) in [6.07, 6.45) is 0.0366. The van der Waals surface area contributed by atoms with Crippen LogP contribution in [0.4, 0.5) is 11.4 Å². The third kappa shape index (κ3) is 5.48. The summed E-state index contributed by atoms with van der Waals surface area (Å²) in [4.78, 5) is 22.3. The van der Waals surface area contributed by atoms with Gasteiger partial charge in [-0.2, -0.15) is 0 Å². The van der Waals surface area contributed by atoms with E-state index in [4.69, 9.17) is 0 Å². The number of nitrogens with zero attached hydrogens (tertiary/aromatic N) is 2. The highest BCUT2D eigenvalue weighted by Gasteiger charge is 2.27. The first kappa shape index (κ1) is 26.6. The lowest BCUT2D eigenvalue weighted by Crippen LogP contribution is -2.10. The number of sulfone groups is 1. The van der Waals surface area contributed by atoms with E-state index in [0.29, 0.717) is 31.2 Å². The van der Waals surface area contributed by atoms with E-state index >= 15 is 0 Å². The van der Waals surface area contributed by atoms with E-state index in [1.54, 1.807) is 72.8 Å². The summed E-state index contributed by atoms with van der Waals surface area (Å²) in [6.45, 7) is 0. The molecule has 0 saturated heterocycles. The van der Waals surface area contributed by atoms with Gasteiger partial charge >= 0.3 is 0 Å². The van der Waals surface area contributed by atoms with E-state index in [1.165, 1.54) is 12.1 Å². The first-order valence-corrected chi connectivity index (χ1v) is 13.9. The predicted molar refractivity (Wildman–Crippen MR) is 146 cm³/mol. The first-order chi connectivity index (χ1) is 17.6. The molecule has 0 unspecified atom stereocenters. The topological polar surface area (TPSA) is 120 Å². The average molecular weight is 646 g/mol. The molecule has 0 fully saturated rings. The van der Waals surface area contributed by atoms with Crippen molar-refractivity contribution in [2.24, 2.45) is 0 Å². The third-order valence-corrected chi connectivity index (χ3v) is 9.03. The quantitative estimate of drug-likeness (QED) is 0.150. The van der Waals surface area contributed by atoms with Crippen molar-refractivity contribution >= 4 is 53.1 Å². The third-order valence-electron chi connectivity index (χ3n) is 5.79. The van der Waals surface area contributed by atoms with Crippen LogP contribution in [0.3, 0.4) is 0 Å². The summed E-state index contributed by atoms with van der Waals surface area (Å²) < 4.78 is 28.5. The van der Waals surface area contributed by atoms with Gasteiger partial charge in [0.15, 0.2) is 0 Å². The first-order valence-electron chi connectivity index (χ1n) is 10.9. The summed E-state index contributed by atoms with van der Waals surface area (Å²) in [5.74, 6) is 0. The van der Waals surface area contributed by atoms with Gasteiger partial charge in [0.1, 0.15) is 0 Å². The fourth-order valence-corrected chi connectivity index (χ4v) is 6.99. The Kier molecular flexibility index (Phi) is 7.86. The van der Waals surface area contributed by atoms with Crippen LogP contribution in [0.2, 0.25) is 0 Å². The Morgan fingerprint density at radius 3 is 1.30 bits per heavy atom. The van der Waals surface area contributed by atoms with Gasteiger partial charge in [-0.05, 0) is 67.3 Å². The second kappa shape index (κ2) is 10.9. The van der Waals surface area contributed by atoms with Gasteiger partial charge < -0.3 is 0 Å². The van der Waals surface area contributed by atoms with Crippen molar-refractivity contribution in [2.45, 2.75) is 22.6 Å². The molecule has 0 bridgehead atoms. The number of rotatable bonds is 8. The molecule has 0 atom stereocenters. The zero-order chi connectivity index (χ0) is 26.7. The lowest BCUT2D eigenvalue weighted by molar-refractivity contribution is -0.386. The standard InChI is InChI=1S/C26H18Br2N2O6S/c27-21-11-5-9-19(25(21)29(31)32)15-17-7-1-3-13-23(17)37(35,36)24-14-4-2-8-18(24)16-20-10-6-12-22(28)26(20)30(33)34/h1-14H,15-16H2. The van der Waals surface area contributed by atoms with Gasteiger partial charge in [0.2, 0.25) is 9.84 Å². The Morgan fingerprint density at radius 1 is 0.568 bits per heavy atom. The largest absolute Gasteiger partial charge is 0.286 e. The van der Waals surface area contributed by atoms with Crippen molar-refractivity contribution < 1.29 is 18.3 Å². The molecule has 37 heavy (non-hydrogen) atoms. The highest BCUT2D eigenvalue weighted by atomic mass is 79.9. The fraction of sp³-hybridized carbons (Fsp3) is 0.0769. The molecule has 0 heterocycles. The van der Waals surface area contributed by atoms with Crippen LogP contribution in [0.15, 0.2) is 104 Å². The highest BCUT2D eigenvalue weighted by Crippen LogP contribution is 2.35. The van der Waals surface area contributed by atoms with Crippen LogP contribution in [0.25, 0.3) is 0 Å². The summed E-state index contributed by atoms with van der Waals surface area (Å²) in [7, 11) is -4.09. The fourth-order valence-electron chi connectivity index (χ4n) is 4.17. The van der Waals surface area contributed by atoms with Gasteiger partial charge in [-0.3, -0.25) is 20.2 Å². The van der Waals surface area contributed by atoms with Crippen LogP contribution in [0, 0.1) is 20.2 Å². The average Bonchev–Trinajstić information content (AvgIpc) is 2.84. The normalized spacial score (nSPS) is 11.3. The monoisotopic (exact) mass is 644 g/mol. The Morgan fingerprint density at radius 2 is 0.919 bits per heavy atom. The molecule has 0 aliphatic rings. The van der Waals surface area contributed by atoms with Crippen molar-refractivity contribution in [3.8, 4) is 0 Å². The molecule has 11 heteroatoms. The molecule has 188 valence electrons. The highest BCUT2D eigenvalue weighted by molar-refractivity contribution is 9.11. The molecular formula is C26H18Br2N2O6S. The minimum Gasteiger partial charge on any atom is -0.258 e. The summed E-state index contributed by atoms with van der Waals surface area (Å²) in [5.41, 5.74) is 1.26. The zero-order valence-electron chi connectivity index (χ0n) is 19.0. The number of nitro groups is 2. The maximum atomic E-state index is 13.9. The van der Waals surface area contributed by atoms with Crippen molar-refractivity contribution in [3.63, 3.8) is 0 Å². The van der Waals surface area contributed by atoms with Crippen LogP contribution in [-0.2, 0) is 22.7 Å². The zero-order valence-corrected chi connectivity index (χ0v) is 23.0. The van der Waals surface area contributed by atoms with Crippen molar-refractivity contribution in [1.29, 1.82) is 0 Å². The van der Waals surface area contributed by atoms with Gasteiger partial charge in [-0.25, -0.2) is 8.42 Å². The van der Waals surface area contributed by atoms with Crippen LogP contribution in [-0.4, -0.2) is 18.3 Å². The number of benzene rings is 4. The minimum absolute atomic E-state index is 0.0143. The van der Waals surface area contributed by atoms with E-state index in [1.807, 2.05) is 0 Å². The lowest BCUT2D eigenvalue weighted by atomic mass is 10.0. The van der Waals surface area contributed by atoms with Gasteiger partial charge in [0.05, 0.1) is 28.6 Å². The summed E-state index contributed by atoms with van der Waals surface area (Å²) in [5, 5.41) is 23.3. The molecule has 8 nitrogen and oxygen atoms in total. The van der Waals surface area contributed by atoms with Crippen molar-refractivity contribution in [2.75, 3.05) is 0 Å². The van der Waals surface area contributed by atoms with Crippen molar-refractivity contribution in [3.05, 3.63) is 136 Å². The SMILES string of the molecule is O=[N+]([O-])c1c(Br)cccc1Cc1ccccc1S(=O)(=O)c1ccccc1Cc1cccc(Br)c1[N+](=O)[O-]. The minimum atomic E-state index is -4.09. The van der Waals surface area contributed by atoms with Crippen LogP contribution >= 0.6 is 31.9 Å². The molecule has 4 aromatic carbocycles. The predicted octanol–water partition coefficient (Wildman–Crippen LogP) is 7.04. The van der Waals surface area contributed by atoms with E-state index < -0.39 is 19.7 Å². The molecule has 0 aromatic heterocycles. The molecule has 4 aromatic rings. The molecule has 0 aliphatic carbocycles. The van der Waals surface area contributed by atoms with E-state index in [2.05, 4.69) is 31.9 Å². The Balaban J connectivity index is 1.81. The lowest BCUT2D eigenvalue weighted by Gasteiger charge is -2.15. The van der Waals surface area contributed by atoms with Gasteiger partial charge in [-0.1, -0.05) is 60.7 Å². The van der Waals surface area contributed by atoms with E-state index in [9.17, 15) is 28.6 Å². The van der Waals surface area contributed by atoms with Crippen LogP contribution in [0.5, 0.6) is 0 Å². The number of para-hydroxylation sites is 2. The molecule has 0 amide bonds.